The monoisotopic (exact) mass is 786 g/mol. The lowest BCUT2D eigenvalue weighted by Gasteiger charge is -2.39. The first-order valence-corrected chi connectivity index (χ1v) is 20.0. The van der Waals surface area contributed by atoms with Gasteiger partial charge < -0.3 is 30.6 Å². The zero-order valence-electron chi connectivity index (χ0n) is 30.1. The van der Waals surface area contributed by atoms with E-state index < -0.39 is 46.1 Å². The standard InChI is InChI=1S/C19H24N2O4S2.C19H26N2O4S/c22-17(15(26)11-12-5-2-1-3-6-12)20-13-9-10-27-16-8-4-7-14(19(24)25)21(16)18(13)23;1-19(2)10-6-9-14(18(25)21(19)12-16(22)23)20-17(24)15(26)11-13-7-4-3-5-8-13/h1-3,5-6,13-16,26H,4,7-11H2,(H,20,22)(H,24,25);3-5,7-8,14-15,26H,6,9-12H2,1-2H3,(H,20,24)(H,22,23)/t13-,14-,15-,16-;14-,15-/m00/s1. The Bertz CT molecular complexity index is 1600. The molecule has 6 atom stereocenters. The minimum atomic E-state index is -1.06. The topological polar surface area (TPSA) is 173 Å². The third-order valence-corrected chi connectivity index (χ3v) is 11.9. The van der Waals surface area contributed by atoms with Gasteiger partial charge in [0, 0.05) is 5.54 Å². The van der Waals surface area contributed by atoms with Crippen LogP contribution in [0.25, 0.3) is 0 Å². The van der Waals surface area contributed by atoms with Crippen molar-refractivity contribution in [2.24, 2.45) is 0 Å². The maximum absolute atomic E-state index is 13.0. The summed E-state index contributed by atoms with van der Waals surface area (Å²) >= 11 is 10.4. The van der Waals surface area contributed by atoms with Gasteiger partial charge in [0.05, 0.1) is 15.9 Å². The molecule has 3 saturated heterocycles. The minimum Gasteiger partial charge on any atom is -0.480 e. The van der Waals surface area contributed by atoms with Gasteiger partial charge in [-0.25, -0.2) is 4.79 Å². The number of nitrogens with zero attached hydrogens (tertiary/aromatic N) is 2. The number of hydrogen-bond donors (Lipinski definition) is 6. The number of hydrogen-bond acceptors (Lipinski definition) is 9. The van der Waals surface area contributed by atoms with Crippen molar-refractivity contribution in [3.8, 4) is 0 Å². The average Bonchev–Trinajstić information content (AvgIpc) is 3.34. The Morgan fingerprint density at radius 3 is 1.83 bits per heavy atom. The third-order valence-electron chi connectivity index (χ3n) is 9.78. The van der Waals surface area contributed by atoms with E-state index in [0.29, 0.717) is 44.3 Å². The Morgan fingerprint density at radius 1 is 0.792 bits per heavy atom. The number of fused-ring (bicyclic) bond motifs is 1. The quantitative estimate of drug-likeness (QED) is 0.185. The van der Waals surface area contributed by atoms with E-state index in [0.717, 1.165) is 30.4 Å². The van der Waals surface area contributed by atoms with E-state index in [-0.39, 0.29) is 35.5 Å². The highest BCUT2D eigenvalue weighted by Crippen LogP contribution is 2.34. The van der Waals surface area contributed by atoms with Crippen LogP contribution >= 0.6 is 37.0 Å². The van der Waals surface area contributed by atoms with Crippen LogP contribution < -0.4 is 10.6 Å². The number of carboxylic acids is 2. The Kier molecular flexibility index (Phi) is 15.5. The van der Waals surface area contributed by atoms with Crippen LogP contribution in [0.3, 0.4) is 0 Å². The zero-order valence-corrected chi connectivity index (χ0v) is 32.7. The fourth-order valence-electron chi connectivity index (χ4n) is 6.87. The van der Waals surface area contributed by atoms with Gasteiger partial charge in [-0.1, -0.05) is 60.7 Å². The van der Waals surface area contributed by atoms with Crippen LogP contribution in [0.15, 0.2) is 60.7 Å². The first-order valence-electron chi connectivity index (χ1n) is 17.9. The van der Waals surface area contributed by atoms with Crippen molar-refractivity contribution in [1.29, 1.82) is 0 Å². The van der Waals surface area contributed by atoms with Crippen molar-refractivity contribution < 1.29 is 39.0 Å². The van der Waals surface area contributed by atoms with Gasteiger partial charge >= 0.3 is 11.9 Å². The number of benzene rings is 2. The summed E-state index contributed by atoms with van der Waals surface area (Å²) in [6.07, 6.45) is 5.40. The fourth-order valence-corrected chi connectivity index (χ4v) is 8.83. The number of aliphatic carboxylic acids is 2. The van der Waals surface area contributed by atoms with Gasteiger partial charge in [0.1, 0.15) is 24.7 Å². The van der Waals surface area contributed by atoms with Gasteiger partial charge in [-0.15, -0.1) is 11.8 Å². The van der Waals surface area contributed by atoms with E-state index in [1.54, 1.807) is 11.8 Å². The lowest BCUT2D eigenvalue weighted by atomic mass is 9.97. The number of carbonyl (C=O) groups excluding carboxylic acids is 4. The smallest absolute Gasteiger partial charge is 0.326 e. The second kappa shape index (κ2) is 19.6. The number of rotatable bonds is 11. The number of amides is 4. The Labute approximate surface area is 326 Å². The minimum absolute atomic E-state index is 0.120. The van der Waals surface area contributed by atoms with Gasteiger partial charge in [-0.3, -0.25) is 24.0 Å². The van der Waals surface area contributed by atoms with E-state index in [1.807, 2.05) is 74.5 Å². The molecule has 3 aliphatic heterocycles. The molecule has 0 aliphatic carbocycles. The van der Waals surface area contributed by atoms with Crippen molar-refractivity contribution in [1.82, 2.24) is 20.4 Å². The highest BCUT2D eigenvalue weighted by Gasteiger charge is 2.43. The van der Waals surface area contributed by atoms with Crippen LogP contribution in [-0.2, 0) is 41.6 Å². The first kappa shape index (κ1) is 42.1. The lowest BCUT2D eigenvalue weighted by molar-refractivity contribution is -0.154. The summed E-state index contributed by atoms with van der Waals surface area (Å²) in [4.78, 5) is 76.5. The molecule has 0 radical (unpaired) electrons. The molecule has 0 saturated carbocycles. The number of thiol groups is 2. The molecule has 288 valence electrons. The Morgan fingerprint density at radius 2 is 1.32 bits per heavy atom. The van der Waals surface area contributed by atoms with Crippen molar-refractivity contribution in [3.63, 3.8) is 0 Å². The maximum atomic E-state index is 13.0. The number of carbonyl (C=O) groups is 6. The molecule has 0 unspecified atom stereocenters. The van der Waals surface area contributed by atoms with Crippen LogP contribution in [0, 0.1) is 0 Å². The SMILES string of the molecule is CC1(C)CCC[C@H](NC(=O)[C@@H](S)Cc2ccccc2)C(=O)N1CC(=O)O.O=C(N[C@H]1CCS[C@H]2CCC[C@@H](C(=O)O)N2C1=O)[C@@H](S)Cc1ccccc1. The predicted molar refractivity (Wildman–Crippen MR) is 210 cm³/mol. The van der Waals surface area contributed by atoms with Crippen molar-refractivity contribution >= 4 is 72.6 Å². The Hall–Kier alpha value is -3.69. The summed E-state index contributed by atoms with van der Waals surface area (Å²) < 4.78 is 0. The first-order chi connectivity index (χ1) is 25.2. The number of likely N-dealkylation sites (tertiary alicyclic amines) is 1. The van der Waals surface area contributed by atoms with E-state index in [1.165, 1.54) is 9.80 Å². The third kappa shape index (κ3) is 11.9. The molecule has 0 aromatic heterocycles. The molecule has 0 bridgehead atoms. The molecule has 4 amide bonds. The van der Waals surface area contributed by atoms with E-state index >= 15 is 0 Å². The number of carboxylic acid groups (broad SMARTS) is 2. The molecule has 12 nitrogen and oxygen atoms in total. The fraction of sp³-hybridized carbons (Fsp3) is 0.526. The maximum Gasteiger partial charge on any atom is 0.326 e. The lowest BCUT2D eigenvalue weighted by Crippen LogP contribution is -2.57. The summed E-state index contributed by atoms with van der Waals surface area (Å²) in [5.74, 6) is -2.57. The van der Waals surface area contributed by atoms with Crippen LogP contribution in [0.5, 0.6) is 0 Å². The molecule has 0 spiro atoms. The molecule has 15 heteroatoms. The molecule has 3 fully saturated rings. The van der Waals surface area contributed by atoms with Crippen LogP contribution in [0.4, 0.5) is 0 Å². The summed E-state index contributed by atoms with van der Waals surface area (Å²) in [5, 5.41) is 23.0. The molecular weight excluding hydrogens is 737 g/mol. The molecule has 2 aromatic carbocycles. The Balaban J connectivity index is 0.000000237. The van der Waals surface area contributed by atoms with Crippen LogP contribution in [-0.4, -0.2) is 107 Å². The molecule has 2 aromatic rings. The van der Waals surface area contributed by atoms with Crippen molar-refractivity contribution in [3.05, 3.63) is 71.8 Å². The van der Waals surface area contributed by atoms with Gasteiger partial charge in [-0.2, -0.15) is 25.3 Å². The van der Waals surface area contributed by atoms with Crippen LogP contribution in [0.1, 0.15) is 69.9 Å². The molecule has 53 heavy (non-hydrogen) atoms. The molecular formula is C38H50N4O8S3. The van der Waals surface area contributed by atoms with Gasteiger partial charge in [0.25, 0.3) is 0 Å². The van der Waals surface area contributed by atoms with Gasteiger partial charge in [0.2, 0.25) is 23.6 Å². The molecule has 5 rings (SSSR count). The van der Waals surface area contributed by atoms with Gasteiger partial charge in [0.15, 0.2) is 0 Å². The van der Waals surface area contributed by atoms with E-state index in [9.17, 15) is 33.9 Å². The predicted octanol–water partition coefficient (Wildman–Crippen LogP) is 3.83. The van der Waals surface area contributed by atoms with E-state index in [2.05, 4.69) is 35.9 Å². The molecule has 3 heterocycles. The number of nitrogens with one attached hydrogen (secondary N) is 2. The number of piperidine rings is 1. The second-order valence-corrected chi connectivity index (χ2v) is 16.7. The zero-order chi connectivity index (χ0) is 38.7. The van der Waals surface area contributed by atoms with Crippen molar-refractivity contribution in [2.45, 2.75) is 111 Å². The number of thioether (sulfide) groups is 1. The normalized spacial score (nSPS) is 23.8. The summed E-state index contributed by atoms with van der Waals surface area (Å²) in [6.45, 7) is 3.34. The second-order valence-electron chi connectivity index (χ2n) is 14.2. The van der Waals surface area contributed by atoms with Crippen molar-refractivity contribution in [2.75, 3.05) is 12.3 Å². The summed E-state index contributed by atoms with van der Waals surface area (Å²) in [5.41, 5.74) is 1.43. The van der Waals surface area contributed by atoms with Crippen LogP contribution in [0.2, 0.25) is 0 Å². The highest BCUT2D eigenvalue weighted by molar-refractivity contribution is 7.99. The molecule has 3 aliphatic rings. The highest BCUT2D eigenvalue weighted by atomic mass is 32.2. The molecule has 4 N–H and O–H groups in total. The van der Waals surface area contributed by atoms with E-state index in [4.69, 9.17) is 5.11 Å². The largest absolute Gasteiger partial charge is 0.480 e. The average molecular weight is 787 g/mol. The van der Waals surface area contributed by atoms with Gasteiger partial charge in [-0.05, 0) is 88.5 Å². The summed E-state index contributed by atoms with van der Waals surface area (Å²) in [7, 11) is 0. The summed E-state index contributed by atoms with van der Waals surface area (Å²) in [6, 6.07) is 16.9.